The number of fused-ring (bicyclic) bond motifs is 1. The number of piperidine rings is 1. The fraction of sp³-hybridized carbons (Fsp3) is 0.231. The molecule has 2 aromatic heterocycles. The molecule has 0 bridgehead atoms. The van der Waals surface area contributed by atoms with Gasteiger partial charge in [0.05, 0.1) is 21.3 Å². The van der Waals surface area contributed by atoms with E-state index in [1.165, 1.54) is 25.0 Å². The minimum absolute atomic E-state index is 0.228. The number of ether oxygens (including phenoxy) is 1. The normalized spacial score (nSPS) is 15.5. The predicted molar refractivity (Wildman–Crippen MR) is 135 cm³/mol. The highest BCUT2D eigenvalue weighted by molar-refractivity contribution is 7.19. The number of aromatic nitrogens is 2. The van der Waals surface area contributed by atoms with Gasteiger partial charge >= 0.3 is 0 Å². The maximum Gasteiger partial charge on any atom is 0.142 e. The molecule has 1 fully saturated rings. The number of hydrogen-bond donors (Lipinski definition) is 2. The van der Waals surface area contributed by atoms with Gasteiger partial charge in [-0.25, -0.2) is 14.4 Å². The number of benzene rings is 2. The van der Waals surface area contributed by atoms with E-state index in [1.807, 2.05) is 12.1 Å². The molecule has 2 aromatic carbocycles. The van der Waals surface area contributed by atoms with Crippen LogP contribution in [0, 0.1) is 17.7 Å². The molecule has 1 aliphatic heterocycles. The first-order chi connectivity index (χ1) is 16.6. The van der Waals surface area contributed by atoms with Crippen molar-refractivity contribution in [1.29, 1.82) is 0 Å². The van der Waals surface area contributed by atoms with Crippen LogP contribution in [0.4, 0.5) is 15.9 Å². The second-order valence-corrected chi connectivity index (χ2v) is 9.45. The maximum absolute atomic E-state index is 13.4. The van der Waals surface area contributed by atoms with Crippen LogP contribution in [0.1, 0.15) is 29.7 Å². The number of hydrogen-bond acceptors (Lipinski definition) is 6. The van der Waals surface area contributed by atoms with Gasteiger partial charge in [0.2, 0.25) is 0 Å². The van der Waals surface area contributed by atoms with Gasteiger partial charge in [0, 0.05) is 5.69 Å². The molecule has 172 valence electrons. The van der Waals surface area contributed by atoms with Crippen LogP contribution in [0.3, 0.4) is 0 Å². The second kappa shape index (κ2) is 10.4. The first kappa shape index (κ1) is 22.6. The van der Waals surface area contributed by atoms with Gasteiger partial charge in [0.1, 0.15) is 35.1 Å². The van der Waals surface area contributed by atoms with Gasteiger partial charge in [-0.05, 0) is 67.8 Å². The standard InChI is InChI=1S/C26H22ClFN4OS/c27-23-13-20(8-10-24(23)33-15-17-4-3-5-18(28)12-17)32-25-22-14-21(34-26(22)31-16-30-25)9-7-19-6-1-2-11-29-19/h3-5,8,10,12-14,16,19,29H,1-2,6,11,15H2,(H,30,31,32). The summed E-state index contributed by atoms with van der Waals surface area (Å²) < 4.78 is 19.1. The zero-order valence-corrected chi connectivity index (χ0v) is 19.8. The summed E-state index contributed by atoms with van der Waals surface area (Å²) in [6.07, 6.45) is 5.07. The monoisotopic (exact) mass is 492 g/mol. The van der Waals surface area contributed by atoms with Crippen molar-refractivity contribution in [1.82, 2.24) is 15.3 Å². The Morgan fingerprint density at radius 2 is 2.12 bits per heavy atom. The largest absolute Gasteiger partial charge is 0.487 e. The predicted octanol–water partition coefficient (Wildman–Crippen LogP) is 6.30. The Morgan fingerprint density at radius 3 is 2.94 bits per heavy atom. The molecule has 0 aliphatic carbocycles. The quantitative estimate of drug-likeness (QED) is 0.320. The first-order valence-electron chi connectivity index (χ1n) is 11.1. The molecular formula is C26H22ClFN4OS. The molecule has 1 atom stereocenters. The summed E-state index contributed by atoms with van der Waals surface area (Å²) in [4.78, 5) is 10.7. The Labute approximate surface area is 206 Å². The maximum atomic E-state index is 13.4. The van der Waals surface area contributed by atoms with Crippen molar-refractivity contribution in [3.8, 4) is 17.6 Å². The van der Waals surface area contributed by atoms with Gasteiger partial charge in [0.15, 0.2) is 0 Å². The third-order valence-corrected chi connectivity index (χ3v) is 6.74. The molecule has 4 aromatic rings. The molecule has 2 N–H and O–H groups in total. The molecule has 1 unspecified atom stereocenters. The average Bonchev–Trinajstić information content (AvgIpc) is 3.27. The molecule has 0 saturated carbocycles. The Balaban J connectivity index is 1.30. The molecule has 1 saturated heterocycles. The number of nitrogens with zero attached hydrogens (tertiary/aromatic N) is 2. The zero-order valence-electron chi connectivity index (χ0n) is 18.3. The van der Waals surface area contributed by atoms with E-state index >= 15 is 0 Å². The van der Waals surface area contributed by atoms with Crippen LogP contribution in [0.5, 0.6) is 5.75 Å². The molecular weight excluding hydrogens is 471 g/mol. The Bertz CT molecular complexity index is 1370. The van der Waals surface area contributed by atoms with Crippen molar-refractivity contribution in [2.75, 3.05) is 11.9 Å². The molecule has 5 rings (SSSR count). The third-order valence-electron chi connectivity index (χ3n) is 5.49. The van der Waals surface area contributed by atoms with Crippen LogP contribution in [-0.2, 0) is 6.61 Å². The minimum Gasteiger partial charge on any atom is -0.487 e. The highest BCUT2D eigenvalue weighted by Gasteiger charge is 2.12. The molecule has 0 radical (unpaired) electrons. The fourth-order valence-electron chi connectivity index (χ4n) is 3.77. The van der Waals surface area contributed by atoms with Crippen LogP contribution in [0.25, 0.3) is 10.2 Å². The highest BCUT2D eigenvalue weighted by Crippen LogP contribution is 2.33. The fourth-order valence-corrected chi connectivity index (χ4v) is 4.87. The van der Waals surface area contributed by atoms with Gasteiger partial charge in [-0.2, -0.15) is 0 Å². The summed E-state index contributed by atoms with van der Waals surface area (Å²) in [6, 6.07) is 14.0. The van der Waals surface area contributed by atoms with Crippen molar-refractivity contribution in [3.05, 3.63) is 76.1 Å². The van der Waals surface area contributed by atoms with Crippen molar-refractivity contribution >= 4 is 44.7 Å². The molecule has 0 spiro atoms. The molecule has 0 amide bonds. The summed E-state index contributed by atoms with van der Waals surface area (Å²) >= 11 is 7.99. The van der Waals surface area contributed by atoms with Crippen LogP contribution in [0.2, 0.25) is 5.02 Å². The summed E-state index contributed by atoms with van der Waals surface area (Å²) in [6.45, 7) is 1.26. The smallest absolute Gasteiger partial charge is 0.142 e. The van der Waals surface area contributed by atoms with E-state index in [-0.39, 0.29) is 18.5 Å². The lowest BCUT2D eigenvalue weighted by molar-refractivity contribution is 0.306. The Hall–Kier alpha value is -3.18. The zero-order chi connectivity index (χ0) is 23.3. The summed E-state index contributed by atoms with van der Waals surface area (Å²) in [7, 11) is 0. The van der Waals surface area contributed by atoms with E-state index < -0.39 is 0 Å². The van der Waals surface area contributed by atoms with E-state index in [4.69, 9.17) is 16.3 Å². The number of anilines is 2. The molecule has 3 heterocycles. The Kier molecular flexibility index (Phi) is 6.91. The molecule has 8 heteroatoms. The minimum atomic E-state index is -0.295. The lowest BCUT2D eigenvalue weighted by Crippen LogP contribution is -2.32. The van der Waals surface area contributed by atoms with Gasteiger partial charge in [-0.15, -0.1) is 11.3 Å². The summed E-state index contributed by atoms with van der Waals surface area (Å²) in [5.41, 5.74) is 1.51. The van der Waals surface area contributed by atoms with Crippen molar-refractivity contribution in [2.45, 2.75) is 31.9 Å². The van der Waals surface area contributed by atoms with E-state index in [1.54, 1.807) is 41.9 Å². The van der Waals surface area contributed by atoms with Crippen LogP contribution < -0.4 is 15.4 Å². The SMILES string of the molecule is Fc1cccc(COc2ccc(Nc3ncnc4sc(C#CC5CCCCN5)cc34)cc2Cl)c1. The van der Waals surface area contributed by atoms with Crippen LogP contribution in [0.15, 0.2) is 54.9 Å². The van der Waals surface area contributed by atoms with E-state index in [9.17, 15) is 4.39 Å². The summed E-state index contributed by atoms with van der Waals surface area (Å²) in [5.74, 6) is 7.55. The number of rotatable bonds is 5. The topological polar surface area (TPSA) is 59.1 Å². The van der Waals surface area contributed by atoms with Crippen molar-refractivity contribution < 1.29 is 9.13 Å². The van der Waals surface area contributed by atoms with Gasteiger partial charge in [0.25, 0.3) is 0 Å². The molecule has 1 aliphatic rings. The van der Waals surface area contributed by atoms with Crippen molar-refractivity contribution in [2.24, 2.45) is 0 Å². The van der Waals surface area contributed by atoms with E-state index in [2.05, 4.69) is 32.4 Å². The van der Waals surface area contributed by atoms with Gasteiger partial charge < -0.3 is 15.4 Å². The highest BCUT2D eigenvalue weighted by atomic mass is 35.5. The third kappa shape index (κ3) is 5.48. The number of halogens is 2. The molecule has 34 heavy (non-hydrogen) atoms. The summed E-state index contributed by atoms with van der Waals surface area (Å²) in [5, 5.41) is 8.13. The van der Waals surface area contributed by atoms with Gasteiger partial charge in [-0.1, -0.05) is 35.6 Å². The second-order valence-electron chi connectivity index (χ2n) is 8.01. The van der Waals surface area contributed by atoms with Crippen molar-refractivity contribution in [3.63, 3.8) is 0 Å². The van der Waals surface area contributed by atoms with E-state index in [0.29, 0.717) is 16.6 Å². The van der Waals surface area contributed by atoms with E-state index in [0.717, 1.165) is 39.3 Å². The number of nitrogens with one attached hydrogen (secondary N) is 2. The van der Waals surface area contributed by atoms with Gasteiger partial charge in [-0.3, -0.25) is 0 Å². The first-order valence-corrected chi connectivity index (χ1v) is 12.3. The Morgan fingerprint density at radius 1 is 1.18 bits per heavy atom. The molecule has 5 nitrogen and oxygen atoms in total. The average molecular weight is 493 g/mol. The van der Waals surface area contributed by atoms with Crippen LogP contribution >= 0.6 is 22.9 Å². The van der Waals surface area contributed by atoms with Crippen LogP contribution in [-0.4, -0.2) is 22.6 Å². The number of thiophene rings is 1. The lowest BCUT2D eigenvalue weighted by atomic mass is 10.1. The lowest BCUT2D eigenvalue weighted by Gasteiger charge is -2.17.